The van der Waals surface area contributed by atoms with Crippen molar-refractivity contribution in [2.45, 2.75) is 13.8 Å². The van der Waals surface area contributed by atoms with Gasteiger partial charge in [0.1, 0.15) is 34.5 Å². The van der Waals surface area contributed by atoms with Gasteiger partial charge in [0.15, 0.2) is 0 Å². The number of nitrogens with zero attached hydrogens (tertiary/aromatic N) is 2. The Bertz CT molecular complexity index is 1560. The van der Waals surface area contributed by atoms with E-state index in [1.165, 1.54) is 26.4 Å². The molecule has 2 amide bonds. The molecule has 0 atom stereocenters. The van der Waals surface area contributed by atoms with Crippen molar-refractivity contribution < 1.29 is 34.0 Å². The molecule has 4 N–H and O–H groups in total. The molecule has 0 spiro atoms. The van der Waals surface area contributed by atoms with Crippen molar-refractivity contribution in [1.82, 2.24) is 10.9 Å². The van der Waals surface area contributed by atoms with Crippen LogP contribution in [0.25, 0.3) is 0 Å². The van der Waals surface area contributed by atoms with Crippen LogP contribution < -0.4 is 25.1 Å². The summed E-state index contributed by atoms with van der Waals surface area (Å²) in [6.07, 6.45) is 0. The van der Waals surface area contributed by atoms with Gasteiger partial charge in [-0.2, -0.15) is 10.2 Å². The van der Waals surface area contributed by atoms with Gasteiger partial charge in [-0.05, 0) is 98.8 Å². The number of carbonyl (C=O) groups is 2. The smallest absolute Gasteiger partial charge is 0.271 e. The van der Waals surface area contributed by atoms with E-state index >= 15 is 0 Å². The van der Waals surface area contributed by atoms with Gasteiger partial charge in [-0.3, -0.25) is 9.59 Å². The molecule has 0 radical (unpaired) electrons. The molecular formula is C32H30N4O7. The first-order valence-electron chi connectivity index (χ1n) is 13.0. The maximum atomic E-state index is 12.6. The third kappa shape index (κ3) is 7.67. The number of rotatable bonds is 10. The first kappa shape index (κ1) is 30.1. The third-order valence-corrected chi connectivity index (χ3v) is 6.31. The normalized spacial score (nSPS) is 11.4. The molecule has 0 aliphatic carbocycles. The van der Waals surface area contributed by atoms with Crippen molar-refractivity contribution in [3.8, 4) is 34.5 Å². The van der Waals surface area contributed by atoms with E-state index in [9.17, 15) is 19.8 Å². The number of aromatic hydroxyl groups is 2. The van der Waals surface area contributed by atoms with Gasteiger partial charge in [-0.15, -0.1) is 0 Å². The predicted molar refractivity (Wildman–Crippen MR) is 162 cm³/mol. The molecule has 0 aliphatic heterocycles. The number of benzene rings is 4. The second-order valence-electron chi connectivity index (χ2n) is 9.19. The van der Waals surface area contributed by atoms with Crippen molar-refractivity contribution in [2.75, 3.05) is 14.2 Å². The number of carbonyl (C=O) groups excluding carboxylic acids is 2. The van der Waals surface area contributed by atoms with Gasteiger partial charge >= 0.3 is 0 Å². The van der Waals surface area contributed by atoms with Crippen molar-refractivity contribution in [1.29, 1.82) is 0 Å². The van der Waals surface area contributed by atoms with Crippen molar-refractivity contribution in [3.63, 3.8) is 0 Å². The van der Waals surface area contributed by atoms with Gasteiger partial charge in [0, 0.05) is 22.3 Å². The van der Waals surface area contributed by atoms with Crippen LogP contribution in [0.1, 0.15) is 45.7 Å². The third-order valence-electron chi connectivity index (χ3n) is 6.31. The van der Waals surface area contributed by atoms with E-state index < -0.39 is 11.8 Å². The average Bonchev–Trinajstić information content (AvgIpc) is 3.03. The highest BCUT2D eigenvalue weighted by Gasteiger charge is 2.11. The molecule has 11 heteroatoms. The lowest BCUT2D eigenvalue weighted by atomic mass is 10.1. The number of phenols is 2. The summed E-state index contributed by atoms with van der Waals surface area (Å²) in [6.45, 7) is 3.31. The lowest BCUT2D eigenvalue weighted by molar-refractivity contribution is 0.0947. The van der Waals surface area contributed by atoms with Crippen LogP contribution in [-0.2, 0) is 0 Å². The van der Waals surface area contributed by atoms with Crippen LogP contribution in [0.4, 0.5) is 0 Å². The zero-order valence-electron chi connectivity index (χ0n) is 23.9. The summed E-state index contributed by atoms with van der Waals surface area (Å²) >= 11 is 0. The van der Waals surface area contributed by atoms with Crippen LogP contribution in [0.15, 0.2) is 95.1 Å². The molecule has 0 saturated heterocycles. The van der Waals surface area contributed by atoms with Gasteiger partial charge in [-0.1, -0.05) is 0 Å². The van der Waals surface area contributed by atoms with E-state index in [1.54, 1.807) is 86.6 Å². The topological polar surface area (TPSA) is 151 Å². The molecule has 4 rings (SSSR count). The van der Waals surface area contributed by atoms with E-state index in [-0.39, 0.29) is 11.5 Å². The van der Waals surface area contributed by atoms with Crippen molar-refractivity contribution in [3.05, 3.63) is 107 Å². The Labute approximate surface area is 248 Å². The van der Waals surface area contributed by atoms with E-state index in [0.29, 0.717) is 56.7 Å². The van der Waals surface area contributed by atoms with E-state index in [4.69, 9.17) is 14.2 Å². The Kier molecular flexibility index (Phi) is 9.59. The fourth-order valence-electron chi connectivity index (χ4n) is 3.87. The minimum atomic E-state index is -0.442. The Morgan fingerprint density at radius 1 is 0.581 bits per heavy atom. The molecule has 220 valence electrons. The largest absolute Gasteiger partial charge is 0.507 e. The van der Waals surface area contributed by atoms with Crippen LogP contribution in [0.5, 0.6) is 34.5 Å². The SMILES string of the molecule is COc1ccc(O)c(/C(C)=N/NC(=O)c2ccc(Oc3ccc(C(=O)N/N=C(\C)c4cc(OC)ccc4O)cc3)cc2)c1. The predicted octanol–water partition coefficient (Wildman–Crippen LogP) is 5.22. The van der Waals surface area contributed by atoms with E-state index in [2.05, 4.69) is 21.1 Å². The maximum absolute atomic E-state index is 12.6. The number of phenolic OH excluding ortho intramolecular Hbond substituents is 2. The number of amides is 2. The first-order valence-corrected chi connectivity index (χ1v) is 13.0. The highest BCUT2D eigenvalue weighted by atomic mass is 16.5. The molecule has 0 unspecified atom stereocenters. The molecule has 0 fully saturated rings. The lowest BCUT2D eigenvalue weighted by Gasteiger charge is -2.09. The van der Waals surface area contributed by atoms with Crippen molar-refractivity contribution in [2.24, 2.45) is 10.2 Å². The summed E-state index contributed by atoms with van der Waals surface area (Å²) in [6, 6.07) is 22.3. The summed E-state index contributed by atoms with van der Waals surface area (Å²) in [5.41, 5.74) is 7.32. The molecule has 43 heavy (non-hydrogen) atoms. The van der Waals surface area contributed by atoms with E-state index in [0.717, 1.165) is 0 Å². The van der Waals surface area contributed by atoms with Gasteiger partial charge < -0.3 is 24.4 Å². The maximum Gasteiger partial charge on any atom is 0.271 e. The van der Waals surface area contributed by atoms with Crippen LogP contribution in [0.3, 0.4) is 0 Å². The minimum Gasteiger partial charge on any atom is -0.507 e. The summed E-state index contributed by atoms with van der Waals surface area (Å²) < 4.78 is 16.2. The summed E-state index contributed by atoms with van der Waals surface area (Å²) in [4.78, 5) is 25.1. The number of methoxy groups -OCH3 is 2. The van der Waals surface area contributed by atoms with Gasteiger partial charge in [-0.25, -0.2) is 10.9 Å². The van der Waals surface area contributed by atoms with Gasteiger partial charge in [0.25, 0.3) is 11.8 Å². The zero-order valence-corrected chi connectivity index (χ0v) is 23.9. The van der Waals surface area contributed by atoms with Crippen LogP contribution in [-0.4, -0.2) is 47.7 Å². The number of hydrazone groups is 2. The zero-order chi connectivity index (χ0) is 30.9. The number of hydrogen-bond donors (Lipinski definition) is 4. The molecule has 11 nitrogen and oxygen atoms in total. The highest BCUT2D eigenvalue weighted by Crippen LogP contribution is 2.25. The molecule has 4 aromatic rings. The fourth-order valence-corrected chi connectivity index (χ4v) is 3.87. The summed E-state index contributed by atoms with van der Waals surface area (Å²) in [7, 11) is 3.03. The Balaban J connectivity index is 1.33. The monoisotopic (exact) mass is 582 g/mol. The molecule has 0 saturated carbocycles. The average molecular weight is 583 g/mol. The molecule has 0 aromatic heterocycles. The Hall–Kier alpha value is -5.84. The fraction of sp³-hybridized carbons (Fsp3) is 0.125. The summed E-state index contributed by atoms with van der Waals surface area (Å²) in [5, 5.41) is 28.3. The number of nitrogens with one attached hydrogen (secondary N) is 2. The van der Waals surface area contributed by atoms with Crippen LogP contribution in [0, 0.1) is 0 Å². The molecule has 0 aliphatic rings. The Morgan fingerprint density at radius 2 is 0.930 bits per heavy atom. The highest BCUT2D eigenvalue weighted by molar-refractivity contribution is 6.03. The number of hydrogen-bond acceptors (Lipinski definition) is 9. The lowest BCUT2D eigenvalue weighted by Crippen LogP contribution is -2.19. The molecule has 0 bridgehead atoms. The summed E-state index contributed by atoms with van der Waals surface area (Å²) in [5.74, 6) is 1.20. The van der Waals surface area contributed by atoms with Crippen LogP contribution in [0.2, 0.25) is 0 Å². The first-order chi connectivity index (χ1) is 20.7. The molecule has 4 aromatic carbocycles. The second-order valence-corrected chi connectivity index (χ2v) is 9.19. The second kappa shape index (κ2) is 13.7. The van der Waals surface area contributed by atoms with Gasteiger partial charge in [0.2, 0.25) is 0 Å². The molecular weight excluding hydrogens is 552 g/mol. The van der Waals surface area contributed by atoms with Crippen molar-refractivity contribution >= 4 is 23.2 Å². The molecule has 0 heterocycles. The van der Waals surface area contributed by atoms with Crippen LogP contribution >= 0.6 is 0 Å². The Morgan fingerprint density at radius 3 is 1.28 bits per heavy atom. The number of ether oxygens (including phenoxy) is 3. The quantitative estimate of drug-likeness (QED) is 0.148. The van der Waals surface area contributed by atoms with Gasteiger partial charge in [0.05, 0.1) is 25.6 Å². The van der Waals surface area contributed by atoms with E-state index in [1.807, 2.05) is 0 Å². The minimum absolute atomic E-state index is 0.0145. The standard InChI is InChI=1S/C32H30N4O7/c1-19(27-17-25(41-3)13-15-29(27)37)33-35-31(39)21-5-9-23(10-6-21)43-24-11-7-22(8-12-24)32(40)36-34-20(2)28-18-26(42-4)14-16-30(28)38/h5-18,37-38H,1-4H3,(H,35,39)(H,36,40)/b33-19+,34-20+.